The zero-order chi connectivity index (χ0) is 16.7. The summed E-state index contributed by atoms with van der Waals surface area (Å²) in [6.07, 6.45) is 0.0433. The van der Waals surface area contributed by atoms with Crippen molar-refractivity contribution in [2.75, 3.05) is 6.54 Å². The first kappa shape index (κ1) is 16.7. The Labute approximate surface area is 136 Å². The molecule has 4 heteroatoms. The summed E-state index contributed by atoms with van der Waals surface area (Å²) in [7, 11) is 0. The normalized spacial score (nSPS) is 11.9. The minimum atomic E-state index is -0.852. The molecule has 0 radical (unpaired) electrons. The van der Waals surface area contributed by atoms with E-state index in [4.69, 9.17) is 5.11 Å². The van der Waals surface area contributed by atoms with Crippen LogP contribution in [0.15, 0.2) is 60.7 Å². The summed E-state index contributed by atoms with van der Waals surface area (Å²) in [4.78, 5) is 23.4. The second-order valence-electron chi connectivity index (χ2n) is 5.70. The lowest BCUT2D eigenvalue weighted by molar-refractivity contribution is -0.138. The molecule has 2 N–H and O–H groups in total. The van der Waals surface area contributed by atoms with Gasteiger partial charge in [-0.1, -0.05) is 67.6 Å². The maximum absolute atomic E-state index is 12.7. The summed E-state index contributed by atoms with van der Waals surface area (Å²) >= 11 is 0. The van der Waals surface area contributed by atoms with Gasteiger partial charge in [0.15, 0.2) is 0 Å². The highest BCUT2D eigenvalue weighted by atomic mass is 16.4. The van der Waals surface area contributed by atoms with E-state index >= 15 is 0 Å². The van der Waals surface area contributed by atoms with E-state index < -0.39 is 11.9 Å². The molecule has 1 atom stereocenters. The number of aliphatic carboxylic acids is 1. The number of carbonyl (C=O) groups is 2. The summed E-state index contributed by atoms with van der Waals surface area (Å²) in [5.41, 5.74) is 1.84. The van der Waals surface area contributed by atoms with Crippen molar-refractivity contribution in [1.82, 2.24) is 5.32 Å². The number of carboxylic acids is 1. The van der Waals surface area contributed by atoms with Gasteiger partial charge in [0, 0.05) is 13.0 Å². The summed E-state index contributed by atoms with van der Waals surface area (Å²) in [6, 6.07) is 19.2. The molecule has 0 saturated heterocycles. The standard InChI is InChI=1S/C19H21NO3/c1-14(12-17(21)22)13-20-19(23)18(15-8-4-2-5-9-15)16-10-6-3-7-11-16/h2-11,14,18H,12-13H2,1H3,(H,20,23)(H,21,22). The molecule has 120 valence electrons. The van der Waals surface area contributed by atoms with E-state index in [0.29, 0.717) is 6.54 Å². The average Bonchev–Trinajstić information content (AvgIpc) is 2.55. The van der Waals surface area contributed by atoms with E-state index in [1.807, 2.05) is 67.6 Å². The molecular formula is C19H21NO3. The van der Waals surface area contributed by atoms with Gasteiger partial charge < -0.3 is 10.4 Å². The van der Waals surface area contributed by atoms with Crippen LogP contribution in [0.1, 0.15) is 30.4 Å². The van der Waals surface area contributed by atoms with E-state index in [1.165, 1.54) is 0 Å². The van der Waals surface area contributed by atoms with Crippen molar-refractivity contribution in [3.63, 3.8) is 0 Å². The Kier molecular flexibility index (Phi) is 5.92. The lowest BCUT2D eigenvalue weighted by Gasteiger charge is -2.19. The van der Waals surface area contributed by atoms with E-state index in [-0.39, 0.29) is 18.2 Å². The van der Waals surface area contributed by atoms with Crippen LogP contribution in [-0.2, 0) is 9.59 Å². The molecule has 0 aromatic heterocycles. The zero-order valence-corrected chi connectivity index (χ0v) is 13.1. The number of benzene rings is 2. The van der Waals surface area contributed by atoms with E-state index in [0.717, 1.165) is 11.1 Å². The van der Waals surface area contributed by atoms with Crippen LogP contribution in [0.4, 0.5) is 0 Å². The Bertz CT molecular complexity index is 601. The number of rotatable bonds is 7. The first-order valence-electron chi connectivity index (χ1n) is 7.67. The van der Waals surface area contributed by atoms with Gasteiger partial charge in [0.05, 0.1) is 5.92 Å². The summed E-state index contributed by atoms with van der Waals surface area (Å²) in [6.45, 7) is 2.16. The fourth-order valence-electron chi connectivity index (χ4n) is 2.53. The highest BCUT2D eigenvalue weighted by Crippen LogP contribution is 2.24. The van der Waals surface area contributed by atoms with Crippen LogP contribution >= 0.6 is 0 Å². The summed E-state index contributed by atoms with van der Waals surface area (Å²) in [5, 5.41) is 11.7. The van der Waals surface area contributed by atoms with Crippen molar-refractivity contribution in [3.05, 3.63) is 71.8 Å². The monoisotopic (exact) mass is 311 g/mol. The molecule has 1 unspecified atom stereocenters. The molecule has 23 heavy (non-hydrogen) atoms. The van der Waals surface area contributed by atoms with Gasteiger partial charge in [0.2, 0.25) is 5.91 Å². The SMILES string of the molecule is CC(CNC(=O)C(c1ccccc1)c1ccccc1)CC(=O)O. The van der Waals surface area contributed by atoms with Crippen LogP contribution in [0.2, 0.25) is 0 Å². The van der Waals surface area contributed by atoms with Crippen LogP contribution < -0.4 is 5.32 Å². The smallest absolute Gasteiger partial charge is 0.303 e. The number of carbonyl (C=O) groups excluding carboxylic acids is 1. The van der Waals surface area contributed by atoms with Crippen molar-refractivity contribution < 1.29 is 14.7 Å². The largest absolute Gasteiger partial charge is 0.481 e. The highest BCUT2D eigenvalue weighted by Gasteiger charge is 2.22. The molecule has 0 heterocycles. The first-order valence-corrected chi connectivity index (χ1v) is 7.67. The van der Waals surface area contributed by atoms with Gasteiger partial charge in [0.1, 0.15) is 0 Å². The third kappa shape index (κ3) is 4.95. The molecular weight excluding hydrogens is 290 g/mol. The van der Waals surface area contributed by atoms with Gasteiger partial charge in [-0.05, 0) is 17.0 Å². The minimum absolute atomic E-state index is 0.0433. The van der Waals surface area contributed by atoms with Gasteiger partial charge in [-0.15, -0.1) is 0 Å². The van der Waals surface area contributed by atoms with Crippen molar-refractivity contribution >= 4 is 11.9 Å². The highest BCUT2D eigenvalue weighted by molar-refractivity contribution is 5.87. The van der Waals surface area contributed by atoms with E-state index in [9.17, 15) is 9.59 Å². The molecule has 0 bridgehead atoms. The molecule has 0 spiro atoms. The fourth-order valence-corrected chi connectivity index (χ4v) is 2.53. The van der Waals surface area contributed by atoms with Crippen LogP contribution in [-0.4, -0.2) is 23.5 Å². The Morgan fingerprint density at radius 2 is 1.43 bits per heavy atom. The molecule has 1 amide bonds. The van der Waals surface area contributed by atoms with Gasteiger partial charge >= 0.3 is 5.97 Å². The molecule has 2 rings (SSSR count). The maximum atomic E-state index is 12.7. The number of nitrogens with one attached hydrogen (secondary N) is 1. The topological polar surface area (TPSA) is 66.4 Å². The lowest BCUT2D eigenvalue weighted by Crippen LogP contribution is -2.33. The molecule has 0 aliphatic rings. The predicted molar refractivity (Wildman–Crippen MR) is 89.2 cm³/mol. The number of hydrogen-bond donors (Lipinski definition) is 2. The van der Waals surface area contributed by atoms with Crippen LogP contribution in [0.3, 0.4) is 0 Å². The maximum Gasteiger partial charge on any atom is 0.303 e. The quantitative estimate of drug-likeness (QED) is 0.826. The van der Waals surface area contributed by atoms with Crippen molar-refractivity contribution in [1.29, 1.82) is 0 Å². The van der Waals surface area contributed by atoms with Crippen molar-refractivity contribution in [2.45, 2.75) is 19.3 Å². The van der Waals surface area contributed by atoms with Gasteiger partial charge in [-0.2, -0.15) is 0 Å². The Morgan fingerprint density at radius 3 is 1.87 bits per heavy atom. The van der Waals surface area contributed by atoms with Crippen molar-refractivity contribution in [3.8, 4) is 0 Å². The van der Waals surface area contributed by atoms with Crippen LogP contribution in [0.5, 0.6) is 0 Å². The van der Waals surface area contributed by atoms with Crippen LogP contribution in [0, 0.1) is 5.92 Å². The number of carboxylic acid groups (broad SMARTS) is 1. The number of hydrogen-bond acceptors (Lipinski definition) is 2. The Morgan fingerprint density at radius 1 is 0.957 bits per heavy atom. The Balaban J connectivity index is 2.15. The summed E-state index contributed by atoms with van der Waals surface area (Å²) < 4.78 is 0. The molecule has 2 aromatic carbocycles. The molecule has 0 fully saturated rings. The number of amides is 1. The van der Waals surface area contributed by atoms with Gasteiger partial charge in [-0.25, -0.2) is 0 Å². The third-order valence-corrected chi connectivity index (χ3v) is 3.68. The third-order valence-electron chi connectivity index (χ3n) is 3.68. The molecule has 2 aromatic rings. The fraction of sp³-hybridized carbons (Fsp3) is 0.263. The molecule has 4 nitrogen and oxygen atoms in total. The molecule has 0 aliphatic carbocycles. The zero-order valence-electron chi connectivity index (χ0n) is 13.1. The lowest BCUT2D eigenvalue weighted by atomic mass is 9.90. The molecule has 0 saturated carbocycles. The first-order chi connectivity index (χ1) is 11.1. The van der Waals surface area contributed by atoms with Gasteiger partial charge in [0.25, 0.3) is 0 Å². The minimum Gasteiger partial charge on any atom is -0.481 e. The summed E-state index contributed by atoms with van der Waals surface area (Å²) in [5.74, 6) is -1.47. The second kappa shape index (κ2) is 8.13. The average molecular weight is 311 g/mol. The predicted octanol–water partition coefficient (Wildman–Crippen LogP) is 3.05. The second-order valence-corrected chi connectivity index (χ2v) is 5.70. The van der Waals surface area contributed by atoms with Crippen molar-refractivity contribution in [2.24, 2.45) is 5.92 Å². The van der Waals surface area contributed by atoms with E-state index in [1.54, 1.807) is 0 Å². The Hall–Kier alpha value is -2.62. The van der Waals surface area contributed by atoms with Crippen LogP contribution in [0.25, 0.3) is 0 Å². The van der Waals surface area contributed by atoms with Gasteiger partial charge in [-0.3, -0.25) is 9.59 Å². The molecule has 0 aliphatic heterocycles. The van der Waals surface area contributed by atoms with E-state index in [2.05, 4.69) is 5.32 Å².